The number of rotatable bonds is 4. The molecule has 23 heavy (non-hydrogen) atoms. The van der Waals surface area contributed by atoms with Gasteiger partial charge in [-0.05, 0) is 42.4 Å². The van der Waals surface area contributed by atoms with Crippen LogP contribution in [-0.2, 0) is 9.59 Å². The standard InChI is InChI=1S/C18H20FNO3/c19-14-6-4-13(5-7-14)2-1-3-16(21)20-10-8-18(9-11-20)12-15(18)17(22)23/h1-2,4-7,15H,3,8-12H2,(H,22,23)/b2-1+. The molecule has 0 radical (unpaired) electrons. The molecule has 122 valence electrons. The highest BCUT2D eigenvalue weighted by atomic mass is 19.1. The van der Waals surface area contributed by atoms with E-state index in [-0.39, 0.29) is 23.1 Å². The van der Waals surface area contributed by atoms with Gasteiger partial charge in [0.15, 0.2) is 0 Å². The van der Waals surface area contributed by atoms with E-state index in [0.717, 1.165) is 24.8 Å². The van der Waals surface area contributed by atoms with Crippen LogP contribution >= 0.6 is 0 Å². The van der Waals surface area contributed by atoms with E-state index in [9.17, 15) is 14.0 Å². The highest BCUT2D eigenvalue weighted by Gasteiger charge is 2.59. The number of amides is 1. The average molecular weight is 317 g/mol. The Kier molecular flexibility index (Phi) is 4.20. The molecule has 1 N–H and O–H groups in total. The van der Waals surface area contributed by atoms with E-state index in [2.05, 4.69) is 0 Å². The van der Waals surface area contributed by atoms with Crippen molar-refractivity contribution in [2.45, 2.75) is 25.7 Å². The van der Waals surface area contributed by atoms with Crippen LogP contribution in [0.1, 0.15) is 31.2 Å². The van der Waals surface area contributed by atoms with Crippen LogP contribution in [-0.4, -0.2) is 35.0 Å². The van der Waals surface area contributed by atoms with Gasteiger partial charge in [-0.25, -0.2) is 4.39 Å². The number of hydrogen-bond acceptors (Lipinski definition) is 2. The van der Waals surface area contributed by atoms with E-state index in [1.54, 1.807) is 18.2 Å². The Labute approximate surface area is 134 Å². The first-order valence-electron chi connectivity index (χ1n) is 7.93. The minimum absolute atomic E-state index is 0.0490. The van der Waals surface area contributed by atoms with Crippen molar-refractivity contribution in [3.8, 4) is 0 Å². The highest BCUT2D eigenvalue weighted by Crippen LogP contribution is 2.59. The maximum Gasteiger partial charge on any atom is 0.307 e. The molecule has 4 nitrogen and oxygen atoms in total. The van der Waals surface area contributed by atoms with Gasteiger partial charge in [0.25, 0.3) is 0 Å². The summed E-state index contributed by atoms with van der Waals surface area (Å²) in [5.41, 5.74) is 0.811. The van der Waals surface area contributed by atoms with Gasteiger partial charge in [0.1, 0.15) is 5.82 Å². The lowest BCUT2D eigenvalue weighted by atomic mass is 9.90. The Hall–Kier alpha value is -2.17. The number of aliphatic carboxylic acids is 1. The second-order valence-corrected chi connectivity index (χ2v) is 6.50. The van der Waals surface area contributed by atoms with Crippen LogP contribution in [0.25, 0.3) is 6.08 Å². The van der Waals surface area contributed by atoms with Crippen molar-refractivity contribution in [3.05, 3.63) is 41.7 Å². The maximum atomic E-state index is 12.8. The Balaban J connectivity index is 1.47. The van der Waals surface area contributed by atoms with Crippen LogP contribution in [0.4, 0.5) is 4.39 Å². The quantitative estimate of drug-likeness (QED) is 0.929. The lowest BCUT2D eigenvalue weighted by Gasteiger charge is -2.32. The number of hydrogen-bond donors (Lipinski definition) is 1. The van der Waals surface area contributed by atoms with Crippen molar-refractivity contribution in [2.24, 2.45) is 11.3 Å². The third-order valence-electron chi connectivity index (χ3n) is 5.07. The number of halogens is 1. The minimum atomic E-state index is -0.702. The number of carbonyl (C=O) groups excluding carboxylic acids is 1. The number of carbonyl (C=O) groups is 2. The molecule has 0 aromatic heterocycles. The zero-order chi connectivity index (χ0) is 16.4. The summed E-state index contributed by atoms with van der Waals surface area (Å²) >= 11 is 0. The van der Waals surface area contributed by atoms with E-state index in [0.29, 0.717) is 19.5 Å². The average Bonchev–Trinajstić information content (AvgIpc) is 3.24. The second-order valence-electron chi connectivity index (χ2n) is 6.50. The Morgan fingerprint density at radius 1 is 1.26 bits per heavy atom. The monoisotopic (exact) mass is 317 g/mol. The molecule has 1 aromatic rings. The van der Waals surface area contributed by atoms with Gasteiger partial charge in [-0.2, -0.15) is 0 Å². The molecule has 1 unspecified atom stereocenters. The number of carboxylic acids is 1. The number of piperidine rings is 1. The summed E-state index contributed by atoms with van der Waals surface area (Å²) in [6.45, 7) is 1.29. The van der Waals surface area contributed by atoms with E-state index >= 15 is 0 Å². The third-order valence-corrected chi connectivity index (χ3v) is 5.07. The molecule has 0 bridgehead atoms. The zero-order valence-corrected chi connectivity index (χ0v) is 12.9. The fraction of sp³-hybridized carbons (Fsp3) is 0.444. The number of likely N-dealkylation sites (tertiary alicyclic amines) is 1. The fourth-order valence-electron chi connectivity index (χ4n) is 3.45. The summed E-state index contributed by atoms with van der Waals surface area (Å²) in [6, 6.07) is 6.11. The Morgan fingerprint density at radius 2 is 1.91 bits per heavy atom. The summed E-state index contributed by atoms with van der Waals surface area (Å²) < 4.78 is 12.8. The van der Waals surface area contributed by atoms with E-state index in [4.69, 9.17) is 5.11 Å². The van der Waals surface area contributed by atoms with Gasteiger partial charge in [-0.1, -0.05) is 24.3 Å². The van der Waals surface area contributed by atoms with Gasteiger partial charge < -0.3 is 10.0 Å². The number of benzene rings is 1. The minimum Gasteiger partial charge on any atom is -0.481 e. The van der Waals surface area contributed by atoms with Crippen LogP contribution in [0.2, 0.25) is 0 Å². The smallest absolute Gasteiger partial charge is 0.307 e. The van der Waals surface area contributed by atoms with E-state index in [1.807, 2.05) is 11.0 Å². The van der Waals surface area contributed by atoms with Gasteiger partial charge in [0.05, 0.1) is 5.92 Å². The zero-order valence-electron chi connectivity index (χ0n) is 12.9. The Morgan fingerprint density at radius 3 is 2.48 bits per heavy atom. The maximum absolute atomic E-state index is 12.8. The van der Waals surface area contributed by atoms with Crippen molar-refractivity contribution >= 4 is 18.0 Å². The first-order chi connectivity index (χ1) is 11.0. The molecule has 1 spiro atoms. The van der Waals surface area contributed by atoms with Crippen molar-refractivity contribution < 1.29 is 19.1 Å². The molecule has 3 rings (SSSR count). The molecule has 1 aliphatic heterocycles. The SMILES string of the molecule is O=C(O)C1CC12CCN(C(=O)C/C=C/c1ccc(F)cc1)CC2. The number of nitrogens with zero attached hydrogens (tertiary/aromatic N) is 1. The normalized spacial score (nSPS) is 22.5. The lowest BCUT2D eigenvalue weighted by molar-refractivity contribution is -0.139. The molecule has 1 atom stereocenters. The summed E-state index contributed by atoms with van der Waals surface area (Å²) in [6.07, 6.45) is 6.25. The topological polar surface area (TPSA) is 57.6 Å². The van der Waals surface area contributed by atoms with Crippen LogP contribution in [0.3, 0.4) is 0 Å². The molecule has 2 aliphatic rings. The van der Waals surface area contributed by atoms with Crippen LogP contribution < -0.4 is 0 Å². The van der Waals surface area contributed by atoms with Crippen LogP contribution in [0.15, 0.2) is 30.3 Å². The highest BCUT2D eigenvalue weighted by molar-refractivity contribution is 5.79. The molecule has 2 fully saturated rings. The van der Waals surface area contributed by atoms with Gasteiger partial charge in [-0.3, -0.25) is 9.59 Å². The predicted molar refractivity (Wildman–Crippen MR) is 84.0 cm³/mol. The van der Waals surface area contributed by atoms with Crippen molar-refractivity contribution in [1.29, 1.82) is 0 Å². The summed E-state index contributed by atoms with van der Waals surface area (Å²) in [4.78, 5) is 25.0. The van der Waals surface area contributed by atoms with Gasteiger partial charge in [-0.15, -0.1) is 0 Å². The van der Waals surface area contributed by atoms with Crippen LogP contribution in [0, 0.1) is 17.2 Å². The third kappa shape index (κ3) is 3.44. The summed E-state index contributed by atoms with van der Waals surface area (Å²) in [7, 11) is 0. The lowest BCUT2D eigenvalue weighted by Crippen LogP contribution is -2.39. The van der Waals surface area contributed by atoms with E-state index in [1.165, 1.54) is 12.1 Å². The van der Waals surface area contributed by atoms with Crippen molar-refractivity contribution in [3.63, 3.8) is 0 Å². The molecule has 1 saturated carbocycles. The fourth-order valence-corrected chi connectivity index (χ4v) is 3.45. The van der Waals surface area contributed by atoms with Gasteiger partial charge >= 0.3 is 5.97 Å². The first kappa shape index (κ1) is 15.7. The van der Waals surface area contributed by atoms with Crippen molar-refractivity contribution in [2.75, 3.05) is 13.1 Å². The van der Waals surface area contributed by atoms with Crippen LogP contribution in [0.5, 0.6) is 0 Å². The molecule has 5 heteroatoms. The Bertz CT molecular complexity index is 630. The molecular weight excluding hydrogens is 297 g/mol. The second kappa shape index (κ2) is 6.14. The molecule has 1 heterocycles. The first-order valence-corrected chi connectivity index (χ1v) is 7.93. The van der Waals surface area contributed by atoms with E-state index < -0.39 is 5.97 Å². The number of carboxylic acid groups (broad SMARTS) is 1. The largest absolute Gasteiger partial charge is 0.481 e. The summed E-state index contributed by atoms with van der Waals surface area (Å²) in [5.74, 6) is -1.13. The molecular formula is C18H20FNO3. The van der Waals surface area contributed by atoms with Crippen molar-refractivity contribution in [1.82, 2.24) is 4.90 Å². The molecule has 1 saturated heterocycles. The summed E-state index contributed by atoms with van der Waals surface area (Å²) in [5, 5.41) is 9.07. The molecule has 1 aliphatic carbocycles. The van der Waals surface area contributed by atoms with Gasteiger partial charge in [0.2, 0.25) is 5.91 Å². The van der Waals surface area contributed by atoms with Gasteiger partial charge in [0, 0.05) is 19.5 Å². The molecule has 1 aromatic carbocycles. The molecule has 1 amide bonds. The predicted octanol–water partition coefficient (Wildman–Crippen LogP) is 2.94.